The van der Waals surface area contributed by atoms with E-state index in [1.165, 1.54) is 5.56 Å². The lowest BCUT2D eigenvalue weighted by Crippen LogP contribution is -2.18. The SMILES string of the molecule is CC(C)C1OCC(Cc2ccc3c(c2)OCO3)O1. The lowest BCUT2D eigenvalue weighted by atomic mass is 10.1. The van der Waals surface area contributed by atoms with E-state index in [0.29, 0.717) is 19.3 Å². The van der Waals surface area contributed by atoms with Crippen LogP contribution < -0.4 is 9.47 Å². The van der Waals surface area contributed by atoms with Crippen molar-refractivity contribution in [3.63, 3.8) is 0 Å². The van der Waals surface area contributed by atoms with Crippen molar-refractivity contribution in [3.8, 4) is 11.5 Å². The fourth-order valence-electron chi connectivity index (χ4n) is 2.26. The molecule has 0 bridgehead atoms. The Labute approximate surface area is 107 Å². The fraction of sp³-hybridized carbons (Fsp3) is 0.571. The topological polar surface area (TPSA) is 36.9 Å². The summed E-state index contributed by atoms with van der Waals surface area (Å²) in [7, 11) is 0. The van der Waals surface area contributed by atoms with Crippen LogP contribution in [0.4, 0.5) is 0 Å². The highest BCUT2D eigenvalue weighted by Gasteiger charge is 2.28. The van der Waals surface area contributed by atoms with Gasteiger partial charge in [0.05, 0.1) is 12.7 Å². The smallest absolute Gasteiger partial charge is 0.231 e. The van der Waals surface area contributed by atoms with E-state index in [9.17, 15) is 0 Å². The summed E-state index contributed by atoms with van der Waals surface area (Å²) >= 11 is 0. The molecule has 4 nitrogen and oxygen atoms in total. The minimum atomic E-state index is -0.0657. The highest BCUT2D eigenvalue weighted by molar-refractivity contribution is 5.44. The summed E-state index contributed by atoms with van der Waals surface area (Å²) in [5.74, 6) is 2.04. The van der Waals surface area contributed by atoms with Crippen LogP contribution in [0.5, 0.6) is 11.5 Å². The summed E-state index contributed by atoms with van der Waals surface area (Å²) in [6, 6.07) is 6.03. The van der Waals surface area contributed by atoms with Crippen molar-refractivity contribution >= 4 is 0 Å². The molecular weight excluding hydrogens is 232 g/mol. The number of hydrogen-bond donors (Lipinski definition) is 0. The quantitative estimate of drug-likeness (QED) is 0.825. The molecule has 98 valence electrons. The fourth-order valence-corrected chi connectivity index (χ4v) is 2.26. The summed E-state index contributed by atoms with van der Waals surface area (Å²) in [5.41, 5.74) is 1.19. The molecule has 18 heavy (non-hydrogen) atoms. The maximum Gasteiger partial charge on any atom is 0.231 e. The highest BCUT2D eigenvalue weighted by Crippen LogP contribution is 2.33. The van der Waals surface area contributed by atoms with Crippen molar-refractivity contribution in [2.75, 3.05) is 13.4 Å². The monoisotopic (exact) mass is 250 g/mol. The summed E-state index contributed by atoms with van der Waals surface area (Å²) in [4.78, 5) is 0. The zero-order valence-electron chi connectivity index (χ0n) is 10.7. The summed E-state index contributed by atoms with van der Waals surface area (Å²) in [5, 5.41) is 0. The van der Waals surface area contributed by atoms with Crippen molar-refractivity contribution in [1.82, 2.24) is 0 Å². The molecule has 3 rings (SSSR count). The van der Waals surface area contributed by atoms with Crippen LogP contribution in [-0.4, -0.2) is 25.8 Å². The van der Waals surface area contributed by atoms with Gasteiger partial charge < -0.3 is 18.9 Å². The molecule has 1 fully saturated rings. The van der Waals surface area contributed by atoms with E-state index < -0.39 is 0 Å². The second-order valence-corrected chi connectivity index (χ2v) is 5.10. The van der Waals surface area contributed by atoms with Crippen molar-refractivity contribution in [2.45, 2.75) is 32.7 Å². The van der Waals surface area contributed by atoms with Crippen LogP contribution in [0.25, 0.3) is 0 Å². The first-order valence-electron chi connectivity index (χ1n) is 6.38. The Morgan fingerprint density at radius 3 is 2.83 bits per heavy atom. The molecule has 2 aliphatic heterocycles. The molecule has 0 N–H and O–H groups in total. The number of ether oxygens (including phenoxy) is 4. The zero-order valence-corrected chi connectivity index (χ0v) is 10.7. The minimum Gasteiger partial charge on any atom is -0.454 e. The van der Waals surface area contributed by atoms with Crippen LogP contribution in [-0.2, 0) is 15.9 Å². The maximum absolute atomic E-state index is 5.85. The first-order chi connectivity index (χ1) is 8.72. The molecular formula is C14H18O4. The molecule has 2 aliphatic rings. The zero-order chi connectivity index (χ0) is 12.5. The maximum atomic E-state index is 5.85. The average Bonchev–Trinajstić information content (AvgIpc) is 2.96. The van der Waals surface area contributed by atoms with Gasteiger partial charge in [0.25, 0.3) is 0 Å². The molecule has 0 aliphatic carbocycles. The molecule has 1 aromatic rings. The van der Waals surface area contributed by atoms with Crippen LogP contribution in [0, 0.1) is 5.92 Å². The molecule has 2 unspecified atom stereocenters. The standard InChI is InChI=1S/C14H18O4/c1-9(2)14-15-7-11(18-14)5-10-3-4-12-13(6-10)17-8-16-12/h3-4,6,9,11,14H,5,7-8H2,1-2H3. The molecule has 2 atom stereocenters. The van der Waals surface area contributed by atoms with Crippen LogP contribution in [0.15, 0.2) is 18.2 Å². The predicted molar refractivity (Wildman–Crippen MR) is 65.7 cm³/mol. The first kappa shape index (κ1) is 11.8. The van der Waals surface area contributed by atoms with Gasteiger partial charge in [0, 0.05) is 12.3 Å². The van der Waals surface area contributed by atoms with Crippen LogP contribution in [0.3, 0.4) is 0 Å². The Kier molecular flexibility index (Phi) is 3.14. The molecule has 0 saturated carbocycles. The number of hydrogen-bond acceptors (Lipinski definition) is 4. The molecule has 1 saturated heterocycles. The van der Waals surface area contributed by atoms with Crippen molar-refractivity contribution < 1.29 is 18.9 Å². The van der Waals surface area contributed by atoms with Gasteiger partial charge in [-0.25, -0.2) is 0 Å². The van der Waals surface area contributed by atoms with Gasteiger partial charge in [-0.05, 0) is 17.7 Å². The van der Waals surface area contributed by atoms with Crippen molar-refractivity contribution in [3.05, 3.63) is 23.8 Å². The van der Waals surface area contributed by atoms with Crippen LogP contribution in [0.2, 0.25) is 0 Å². The third-order valence-corrected chi connectivity index (χ3v) is 3.22. The van der Waals surface area contributed by atoms with Gasteiger partial charge in [-0.1, -0.05) is 19.9 Å². The summed E-state index contributed by atoms with van der Waals surface area (Å²) in [6.45, 7) is 5.19. The van der Waals surface area contributed by atoms with Gasteiger partial charge in [0.2, 0.25) is 6.79 Å². The van der Waals surface area contributed by atoms with Crippen LogP contribution >= 0.6 is 0 Å². The molecule has 0 aromatic heterocycles. The second kappa shape index (κ2) is 4.78. The van der Waals surface area contributed by atoms with Crippen molar-refractivity contribution in [2.24, 2.45) is 5.92 Å². The minimum absolute atomic E-state index is 0.0657. The molecule has 1 aromatic carbocycles. The first-order valence-corrected chi connectivity index (χ1v) is 6.38. The molecule has 0 radical (unpaired) electrons. The average molecular weight is 250 g/mol. The Hall–Kier alpha value is -1.26. The Morgan fingerprint density at radius 2 is 2.06 bits per heavy atom. The van der Waals surface area contributed by atoms with Gasteiger partial charge in [-0.15, -0.1) is 0 Å². The van der Waals surface area contributed by atoms with Gasteiger partial charge in [0.1, 0.15) is 0 Å². The van der Waals surface area contributed by atoms with Gasteiger partial charge in [-0.2, -0.15) is 0 Å². The summed E-state index contributed by atoms with van der Waals surface area (Å²) in [6.07, 6.45) is 0.918. The Bertz CT molecular complexity index is 430. The van der Waals surface area contributed by atoms with E-state index in [4.69, 9.17) is 18.9 Å². The lowest BCUT2D eigenvalue weighted by Gasteiger charge is -2.14. The Balaban J connectivity index is 1.63. The van der Waals surface area contributed by atoms with E-state index in [-0.39, 0.29) is 12.4 Å². The van der Waals surface area contributed by atoms with E-state index >= 15 is 0 Å². The summed E-state index contributed by atoms with van der Waals surface area (Å²) < 4.78 is 22.1. The predicted octanol–water partition coefficient (Wildman–Crippen LogP) is 2.36. The van der Waals surface area contributed by atoms with E-state index in [2.05, 4.69) is 19.9 Å². The molecule has 4 heteroatoms. The van der Waals surface area contributed by atoms with Crippen molar-refractivity contribution in [1.29, 1.82) is 0 Å². The van der Waals surface area contributed by atoms with Gasteiger partial charge in [0.15, 0.2) is 17.8 Å². The molecule has 0 spiro atoms. The third kappa shape index (κ3) is 2.31. The molecule has 2 heterocycles. The van der Waals surface area contributed by atoms with Crippen LogP contribution in [0.1, 0.15) is 19.4 Å². The normalized spacial score (nSPS) is 25.9. The number of rotatable bonds is 3. The van der Waals surface area contributed by atoms with E-state index in [1.54, 1.807) is 0 Å². The second-order valence-electron chi connectivity index (χ2n) is 5.10. The highest BCUT2D eigenvalue weighted by atomic mass is 16.7. The number of benzene rings is 1. The lowest BCUT2D eigenvalue weighted by molar-refractivity contribution is -0.0868. The van der Waals surface area contributed by atoms with E-state index in [1.807, 2.05) is 12.1 Å². The van der Waals surface area contributed by atoms with Gasteiger partial charge >= 0.3 is 0 Å². The Morgan fingerprint density at radius 1 is 1.22 bits per heavy atom. The largest absolute Gasteiger partial charge is 0.454 e. The van der Waals surface area contributed by atoms with Gasteiger partial charge in [-0.3, -0.25) is 0 Å². The van der Waals surface area contributed by atoms with E-state index in [0.717, 1.165) is 17.9 Å². The number of fused-ring (bicyclic) bond motifs is 1. The third-order valence-electron chi connectivity index (χ3n) is 3.22. The molecule has 0 amide bonds.